The van der Waals surface area contributed by atoms with Crippen LogP contribution in [0.4, 0.5) is 19.3 Å². The first-order chi connectivity index (χ1) is 9.58. The molecule has 1 heterocycles. The van der Waals surface area contributed by atoms with Crippen molar-refractivity contribution in [3.05, 3.63) is 59.9 Å². The summed E-state index contributed by atoms with van der Waals surface area (Å²) >= 11 is 0. The van der Waals surface area contributed by atoms with E-state index in [1.807, 2.05) is 0 Å². The Hall–Kier alpha value is -2.50. The molecule has 0 fully saturated rings. The summed E-state index contributed by atoms with van der Waals surface area (Å²) in [6.07, 6.45) is 1.60. The van der Waals surface area contributed by atoms with Gasteiger partial charge in [-0.3, -0.25) is 4.98 Å². The Kier molecular flexibility index (Phi) is 4.24. The number of hydrogen-bond donors (Lipinski definition) is 2. The summed E-state index contributed by atoms with van der Waals surface area (Å²) in [7, 11) is 0. The van der Waals surface area contributed by atoms with Gasteiger partial charge in [-0.2, -0.15) is 0 Å². The van der Waals surface area contributed by atoms with Gasteiger partial charge in [0.15, 0.2) is 0 Å². The number of pyridine rings is 1. The summed E-state index contributed by atoms with van der Waals surface area (Å²) in [6.45, 7) is 1.72. The summed E-state index contributed by atoms with van der Waals surface area (Å²) in [6, 6.07) is 7.57. The monoisotopic (exact) mass is 277 g/mol. The molecule has 6 heteroatoms. The number of benzene rings is 1. The van der Waals surface area contributed by atoms with Gasteiger partial charge in [0.05, 0.1) is 11.7 Å². The van der Waals surface area contributed by atoms with Crippen LogP contribution in [0.1, 0.15) is 18.7 Å². The third kappa shape index (κ3) is 3.28. The molecule has 0 radical (unpaired) electrons. The Balaban J connectivity index is 2.03. The fourth-order valence-electron chi connectivity index (χ4n) is 1.67. The Morgan fingerprint density at radius 2 is 1.85 bits per heavy atom. The Bertz CT molecular complexity index is 584. The van der Waals surface area contributed by atoms with E-state index in [0.29, 0.717) is 5.69 Å². The van der Waals surface area contributed by atoms with Crippen LogP contribution in [0.3, 0.4) is 0 Å². The summed E-state index contributed by atoms with van der Waals surface area (Å²) < 4.78 is 26.8. The molecule has 0 saturated heterocycles. The number of aromatic nitrogens is 1. The van der Waals surface area contributed by atoms with Crippen LogP contribution in [0.15, 0.2) is 42.6 Å². The molecule has 0 aliphatic heterocycles. The molecule has 1 aromatic heterocycles. The zero-order valence-corrected chi connectivity index (χ0v) is 10.7. The number of urea groups is 1. The van der Waals surface area contributed by atoms with Crippen LogP contribution in [0, 0.1) is 11.6 Å². The van der Waals surface area contributed by atoms with Crippen LogP contribution >= 0.6 is 0 Å². The summed E-state index contributed by atoms with van der Waals surface area (Å²) in [5, 5.41) is 4.70. The van der Waals surface area contributed by atoms with Gasteiger partial charge in [-0.05, 0) is 31.2 Å². The molecule has 2 rings (SSSR count). The highest BCUT2D eigenvalue weighted by atomic mass is 19.1. The summed E-state index contributed by atoms with van der Waals surface area (Å²) in [5.41, 5.74) is 0.176. The molecule has 104 valence electrons. The first-order valence-corrected chi connectivity index (χ1v) is 6.00. The predicted molar refractivity (Wildman–Crippen MR) is 71.2 cm³/mol. The zero-order chi connectivity index (χ0) is 14.5. The highest BCUT2D eigenvalue weighted by Crippen LogP contribution is 2.18. The molecule has 1 aromatic carbocycles. The molecule has 0 saturated carbocycles. The van der Waals surface area contributed by atoms with Crippen molar-refractivity contribution in [3.63, 3.8) is 0 Å². The van der Waals surface area contributed by atoms with E-state index in [1.165, 1.54) is 6.07 Å². The van der Waals surface area contributed by atoms with Crippen LogP contribution < -0.4 is 10.6 Å². The highest BCUT2D eigenvalue weighted by molar-refractivity contribution is 5.89. The molecule has 0 bridgehead atoms. The van der Waals surface area contributed by atoms with Gasteiger partial charge in [0.2, 0.25) is 0 Å². The van der Waals surface area contributed by atoms with Crippen LogP contribution in [-0.4, -0.2) is 11.0 Å². The van der Waals surface area contributed by atoms with Crippen LogP contribution in [0.5, 0.6) is 0 Å². The lowest BCUT2D eigenvalue weighted by Gasteiger charge is -2.14. The molecule has 0 spiro atoms. The van der Waals surface area contributed by atoms with E-state index >= 15 is 0 Å². The van der Waals surface area contributed by atoms with Crippen molar-refractivity contribution in [1.29, 1.82) is 0 Å². The van der Waals surface area contributed by atoms with Gasteiger partial charge in [-0.15, -0.1) is 0 Å². The van der Waals surface area contributed by atoms with E-state index < -0.39 is 23.4 Å². The minimum atomic E-state index is -0.828. The van der Waals surface area contributed by atoms with Gasteiger partial charge >= 0.3 is 6.03 Å². The van der Waals surface area contributed by atoms with Crippen molar-refractivity contribution in [2.24, 2.45) is 0 Å². The number of carbonyl (C=O) groups is 1. The van der Waals surface area contributed by atoms with Gasteiger partial charge < -0.3 is 10.6 Å². The minimum absolute atomic E-state index is 0.383. The molecule has 20 heavy (non-hydrogen) atoms. The first-order valence-electron chi connectivity index (χ1n) is 6.00. The quantitative estimate of drug-likeness (QED) is 0.904. The lowest BCUT2D eigenvalue weighted by Crippen LogP contribution is -2.32. The number of halogens is 2. The van der Waals surface area contributed by atoms with E-state index in [-0.39, 0.29) is 6.04 Å². The molecule has 0 aliphatic carbocycles. The highest BCUT2D eigenvalue weighted by Gasteiger charge is 2.14. The number of nitrogens with zero attached hydrogens (tertiary/aromatic N) is 1. The van der Waals surface area contributed by atoms with Crippen molar-refractivity contribution >= 4 is 11.7 Å². The molecule has 2 aromatic rings. The summed E-state index contributed by atoms with van der Waals surface area (Å²) in [4.78, 5) is 15.8. The lowest BCUT2D eigenvalue weighted by molar-refractivity contribution is 0.249. The van der Waals surface area contributed by atoms with Gasteiger partial charge in [-0.1, -0.05) is 12.1 Å². The van der Waals surface area contributed by atoms with E-state index in [9.17, 15) is 13.6 Å². The van der Waals surface area contributed by atoms with Gasteiger partial charge in [-0.25, -0.2) is 13.6 Å². The fraction of sp³-hybridized carbons (Fsp3) is 0.143. The van der Waals surface area contributed by atoms with E-state index in [4.69, 9.17) is 0 Å². The number of anilines is 1. The molecule has 2 amide bonds. The largest absolute Gasteiger partial charge is 0.330 e. The number of para-hydroxylation sites is 1. The molecular formula is C14H13F2N3O. The average Bonchev–Trinajstić information content (AvgIpc) is 2.44. The third-order valence-electron chi connectivity index (χ3n) is 2.68. The van der Waals surface area contributed by atoms with Gasteiger partial charge in [0.1, 0.15) is 17.3 Å². The SMILES string of the molecule is CC(NC(=O)Nc1c(F)cccc1F)c1ccccn1. The van der Waals surface area contributed by atoms with Crippen molar-refractivity contribution < 1.29 is 13.6 Å². The maximum Gasteiger partial charge on any atom is 0.319 e. The van der Waals surface area contributed by atoms with Gasteiger partial charge in [0.25, 0.3) is 0 Å². The second-order valence-corrected chi connectivity index (χ2v) is 4.17. The van der Waals surface area contributed by atoms with Gasteiger partial charge in [0, 0.05) is 6.20 Å². The summed E-state index contributed by atoms with van der Waals surface area (Å²) in [5.74, 6) is -1.66. The number of amides is 2. The zero-order valence-electron chi connectivity index (χ0n) is 10.7. The number of hydrogen-bond acceptors (Lipinski definition) is 2. The van der Waals surface area contributed by atoms with E-state index in [1.54, 1.807) is 31.3 Å². The molecule has 2 N–H and O–H groups in total. The van der Waals surface area contributed by atoms with Crippen LogP contribution in [0.2, 0.25) is 0 Å². The van der Waals surface area contributed by atoms with Crippen molar-refractivity contribution in [2.45, 2.75) is 13.0 Å². The fourth-order valence-corrected chi connectivity index (χ4v) is 1.67. The van der Waals surface area contributed by atoms with E-state index in [0.717, 1.165) is 12.1 Å². The Labute approximate surface area is 114 Å². The normalized spacial score (nSPS) is 11.8. The van der Waals surface area contributed by atoms with Crippen molar-refractivity contribution in [2.75, 3.05) is 5.32 Å². The van der Waals surface area contributed by atoms with Crippen molar-refractivity contribution in [3.8, 4) is 0 Å². The average molecular weight is 277 g/mol. The Morgan fingerprint density at radius 3 is 2.45 bits per heavy atom. The first kappa shape index (κ1) is 13.9. The third-order valence-corrected chi connectivity index (χ3v) is 2.68. The predicted octanol–water partition coefficient (Wildman–Crippen LogP) is 3.24. The number of carbonyl (C=O) groups excluding carboxylic acids is 1. The van der Waals surface area contributed by atoms with Crippen molar-refractivity contribution in [1.82, 2.24) is 10.3 Å². The smallest absolute Gasteiger partial charge is 0.319 e. The minimum Gasteiger partial charge on any atom is -0.330 e. The van der Waals surface area contributed by atoms with E-state index in [2.05, 4.69) is 15.6 Å². The number of nitrogens with one attached hydrogen (secondary N) is 2. The second kappa shape index (κ2) is 6.10. The lowest BCUT2D eigenvalue weighted by atomic mass is 10.2. The number of rotatable bonds is 3. The van der Waals surface area contributed by atoms with Crippen LogP contribution in [0.25, 0.3) is 0 Å². The molecule has 1 unspecified atom stereocenters. The molecular weight excluding hydrogens is 264 g/mol. The molecule has 0 aliphatic rings. The molecule has 1 atom stereocenters. The molecule has 4 nitrogen and oxygen atoms in total. The Morgan fingerprint density at radius 1 is 1.15 bits per heavy atom. The maximum atomic E-state index is 13.4. The standard InChI is InChI=1S/C14H13F2N3O/c1-9(12-7-2-3-8-17-12)18-14(20)19-13-10(15)5-4-6-11(13)16/h2-9H,1H3,(H2,18,19,20). The van der Waals surface area contributed by atoms with Crippen LogP contribution in [-0.2, 0) is 0 Å². The second-order valence-electron chi connectivity index (χ2n) is 4.17. The maximum absolute atomic E-state index is 13.4. The topological polar surface area (TPSA) is 54.0 Å².